The van der Waals surface area contributed by atoms with Crippen molar-refractivity contribution >= 4 is 5.82 Å². The van der Waals surface area contributed by atoms with Crippen LogP contribution in [0.5, 0.6) is 5.88 Å². The molecule has 5 heteroatoms. The Hall–Kier alpha value is -2.17. The Bertz CT molecular complexity index is 788. The minimum Gasteiger partial charge on any atom is -0.478 e. The van der Waals surface area contributed by atoms with Crippen molar-refractivity contribution in [3.8, 4) is 17.1 Å². The molecule has 0 aliphatic carbocycles. The van der Waals surface area contributed by atoms with Crippen molar-refractivity contribution in [3.63, 3.8) is 0 Å². The van der Waals surface area contributed by atoms with Crippen LogP contribution in [0.25, 0.3) is 11.3 Å². The molecule has 0 spiro atoms. The topological polar surface area (TPSA) is 51.1 Å². The smallest absolute Gasteiger partial charge is 0.213 e. The van der Waals surface area contributed by atoms with E-state index in [1.807, 2.05) is 27.1 Å². The Morgan fingerprint density at radius 1 is 0.929 bits per heavy atom. The fourth-order valence-electron chi connectivity index (χ4n) is 3.39. The van der Waals surface area contributed by atoms with E-state index in [0.29, 0.717) is 24.3 Å². The van der Waals surface area contributed by atoms with Crippen LogP contribution in [0.3, 0.4) is 0 Å². The maximum atomic E-state index is 5.59. The van der Waals surface area contributed by atoms with E-state index in [9.17, 15) is 0 Å². The largest absolute Gasteiger partial charge is 0.478 e. The normalized spacial score (nSPS) is 13.3. The third-order valence-corrected chi connectivity index (χ3v) is 5.49. The maximum Gasteiger partial charge on any atom is 0.213 e. The van der Waals surface area contributed by atoms with E-state index in [1.54, 1.807) is 0 Å². The minimum atomic E-state index is 0.360. The molecule has 2 heterocycles. The lowest BCUT2D eigenvalue weighted by Crippen LogP contribution is -2.20. The van der Waals surface area contributed by atoms with Crippen LogP contribution in [0.2, 0.25) is 0 Å². The van der Waals surface area contributed by atoms with Crippen LogP contribution >= 0.6 is 0 Å². The Labute approximate surface area is 170 Å². The zero-order valence-electron chi connectivity index (χ0n) is 18.8. The van der Waals surface area contributed by atoms with Gasteiger partial charge in [0.1, 0.15) is 0 Å². The summed E-state index contributed by atoms with van der Waals surface area (Å²) in [6.07, 6.45) is 2.79. The molecule has 2 aromatic rings. The molecule has 0 saturated heterocycles. The number of aryl methyl sites for hydroxylation is 2. The Morgan fingerprint density at radius 3 is 2.14 bits per heavy atom. The molecule has 28 heavy (non-hydrogen) atoms. The molecule has 1 unspecified atom stereocenters. The summed E-state index contributed by atoms with van der Waals surface area (Å²) in [6, 6.07) is 4.02. The van der Waals surface area contributed by atoms with Gasteiger partial charge < -0.3 is 9.64 Å². The molecule has 2 rings (SSSR count). The molecular formula is C23H36N4O. The first-order valence-electron chi connectivity index (χ1n) is 10.6. The van der Waals surface area contributed by atoms with Gasteiger partial charge in [-0.25, -0.2) is 9.97 Å². The van der Waals surface area contributed by atoms with Crippen molar-refractivity contribution in [2.75, 3.05) is 25.6 Å². The summed E-state index contributed by atoms with van der Waals surface area (Å²) in [5.41, 5.74) is 5.13. The number of aromatic nitrogens is 3. The lowest BCUT2D eigenvalue weighted by atomic mass is 9.90. The molecule has 0 bridgehead atoms. The fraction of sp³-hybridized carbons (Fsp3) is 0.609. The van der Waals surface area contributed by atoms with Gasteiger partial charge in [0.2, 0.25) is 5.88 Å². The molecule has 0 aromatic carbocycles. The van der Waals surface area contributed by atoms with Crippen molar-refractivity contribution in [3.05, 3.63) is 29.2 Å². The van der Waals surface area contributed by atoms with E-state index in [-0.39, 0.29) is 0 Å². The summed E-state index contributed by atoms with van der Waals surface area (Å²) < 4.78 is 5.59. The van der Waals surface area contributed by atoms with Crippen molar-refractivity contribution in [2.45, 2.75) is 66.7 Å². The molecule has 0 aliphatic heterocycles. The number of ether oxygens (including phenoxy) is 1. The van der Waals surface area contributed by atoms with Gasteiger partial charge in [-0.2, -0.15) is 0 Å². The van der Waals surface area contributed by atoms with E-state index >= 15 is 0 Å². The van der Waals surface area contributed by atoms with Crippen LogP contribution in [0.1, 0.15) is 71.0 Å². The van der Waals surface area contributed by atoms with E-state index in [4.69, 9.17) is 19.7 Å². The van der Waals surface area contributed by atoms with Gasteiger partial charge in [0, 0.05) is 31.6 Å². The predicted octanol–water partition coefficient (Wildman–Crippen LogP) is 5.28. The average Bonchev–Trinajstić information content (AvgIpc) is 2.71. The van der Waals surface area contributed by atoms with Crippen molar-refractivity contribution in [1.82, 2.24) is 15.0 Å². The lowest BCUT2D eigenvalue weighted by molar-refractivity contribution is 0.326. The zero-order chi connectivity index (χ0) is 20.8. The van der Waals surface area contributed by atoms with Crippen molar-refractivity contribution < 1.29 is 4.74 Å². The number of hydrogen-bond acceptors (Lipinski definition) is 5. The quantitative estimate of drug-likeness (QED) is 0.589. The van der Waals surface area contributed by atoms with E-state index < -0.39 is 0 Å². The number of hydrogen-bond donors (Lipinski definition) is 0. The average molecular weight is 385 g/mol. The maximum absolute atomic E-state index is 5.59. The molecule has 0 fully saturated rings. The van der Waals surface area contributed by atoms with Crippen molar-refractivity contribution in [2.24, 2.45) is 5.92 Å². The van der Waals surface area contributed by atoms with Crippen LogP contribution < -0.4 is 9.64 Å². The monoisotopic (exact) mass is 384 g/mol. The molecule has 0 amide bonds. The summed E-state index contributed by atoms with van der Waals surface area (Å²) >= 11 is 0. The molecule has 0 N–H and O–H groups in total. The highest BCUT2D eigenvalue weighted by Gasteiger charge is 2.24. The second-order valence-corrected chi connectivity index (χ2v) is 7.58. The highest BCUT2D eigenvalue weighted by atomic mass is 16.5. The Balaban J connectivity index is 2.67. The van der Waals surface area contributed by atoms with Gasteiger partial charge in [0.25, 0.3) is 0 Å². The second kappa shape index (κ2) is 9.85. The van der Waals surface area contributed by atoms with Crippen LogP contribution in [0.15, 0.2) is 12.1 Å². The lowest BCUT2D eigenvalue weighted by Gasteiger charge is -2.25. The van der Waals surface area contributed by atoms with Gasteiger partial charge in [0.05, 0.1) is 29.4 Å². The molecular weight excluding hydrogens is 348 g/mol. The van der Waals surface area contributed by atoms with Crippen LogP contribution in [0, 0.1) is 5.92 Å². The van der Waals surface area contributed by atoms with Crippen LogP contribution in [0.4, 0.5) is 5.82 Å². The first-order chi connectivity index (χ1) is 13.4. The molecule has 2 aromatic heterocycles. The highest BCUT2D eigenvalue weighted by molar-refractivity contribution is 5.67. The first kappa shape index (κ1) is 22.1. The van der Waals surface area contributed by atoms with E-state index in [1.165, 1.54) is 0 Å². The molecule has 5 nitrogen and oxygen atoms in total. The number of nitrogens with zero attached hydrogens (tertiary/aromatic N) is 4. The van der Waals surface area contributed by atoms with Gasteiger partial charge in [-0.05, 0) is 31.7 Å². The summed E-state index contributed by atoms with van der Waals surface area (Å²) in [4.78, 5) is 17.0. The van der Waals surface area contributed by atoms with Gasteiger partial charge in [-0.15, -0.1) is 0 Å². The Morgan fingerprint density at radius 2 is 1.61 bits per heavy atom. The fourth-order valence-corrected chi connectivity index (χ4v) is 3.39. The predicted molar refractivity (Wildman–Crippen MR) is 117 cm³/mol. The van der Waals surface area contributed by atoms with E-state index in [0.717, 1.165) is 53.4 Å². The van der Waals surface area contributed by atoms with Crippen molar-refractivity contribution in [1.29, 1.82) is 0 Å². The molecule has 154 valence electrons. The third-order valence-electron chi connectivity index (χ3n) is 5.49. The zero-order valence-corrected chi connectivity index (χ0v) is 18.8. The summed E-state index contributed by atoms with van der Waals surface area (Å²) in [5, 5.41) is 0. The van der Waals surface area contributed by atoms with Gasteiger partial charge in [0.15, 0.2) is 5.82 Å². The Kier molecular flexibility index (Phi) is 7.78. The SMILES string of the molecule is CCOc1ccc(-c2nc(N(C)C)c(C(C)[C@H](C)CC)nc2CC)c(CC)n1. The van der Waals surface area contributed by atoms with Crippen LogP contribution in [-0.4, -0.2) is 35.7 Å². The summed E-state index contributed by atoms with van der Waals surface area (Å²) in [6.45, 7) is 13.6. The standard InChI is InChI=1S/C23H36N4O/c1-9-15(5)16(6)21-23(27(7)8)26-22(19(11-3)25-21)17-13-14-20(28-12-4)24-18(17)10-2/h13-16H,9-12H2,1-8H3/t15-,16?/m1/s1. The second-order valence-electron chi connectivity index (χ2n) is 7.58. The highest BCUT2D eigenvalue weighted by Crippen LogP contribution is 2.35. The van der Waals surface area contributed by atoms with E-state index in [2.05, 4.69) is 45.6 Å². The molecule has 0 aliphatic rings. The number of anilines is 1. The minimum absolute atomic E-state index is 0.360. The summed E-state index contributed by atoms with van der Waals surface area (Å²) in [5.74, 6) is 2.54. The molecule has 2 atom stereocenters. The molecule has 0 radical (unpaired) electrons. The third kappa shape index (κ3) is 4.62. The summed E-state index contributed by atoms with van der Waals surface area (Å²) in [7, 11) is 4.09. The van der Waals surface area contributed by atoms with Gasteiger partial charge in [-0.3, -0.25) is 4.98 Å². The molecule has 0 saturated carbocycles. The number of pyridine rings is 1. The number of rotatable bonds is 9. The first-order valence-corrected chi connectivity index (χ1v) is 10.6. The van der Waals surface area contributed by atoms with Gasteiger partial charge >= 0.3 is 0 Å². The van der Waals surface area contributed by atoms with Gasteiger partial charge in [-0.1, -0.05) is 41.0 Å². The van der Waals surface area contributed by atoms with Crippen LogP contribution in [-0.2, 0) is 12.8 Å².